The number of amides is 2. The van der Waals surface area contributed by atoms with Crippen LogP contribution in [0.4, 0.5) is 0 Å². The lowest BCUT2D eigenvalue weighted by Gasteiger charge is -2.27. The molecule has 0 aliphatic heterocycles. The summed E-state index contributed by atoms with van der Waals surface area (Å²) in [6.45, 7) is 0. The molecule has 130 valence electrons. The molecular weight excluding hydrogens is 296 g/mol. The second kappa shape index (κ2) is 8.89. The Morgan fingerprint density at radius 3 is 2.09 bits per heavy atom. The summed E-state index contributed by atoms with van der Waals surface area (Å²) in [5.41, 5.74) is 4.87. The highest BCUT2D eigenvalue weighted by molar-refractivity contribution is 5.87. The van der Waals surface area contributed by atoms with Crippen molar-refractivity contribution in [2.24, 2.45) is 17.8 Å². The lowest BCUT2D eigenvalue weighted by molar-refractivity contribution is -0.149. The highest BCUT2D eigenvalue weighted by Crippen LogP contribution is 2.30. The van der Waals surface area contributed by atoms with E-state index < -0.39 is 17.8 Å². The molecule has 2 saturated carbocycles. The zero-order valence-corrected chi connectivity index (χ0v) is 13.7. The predicted molar refractivity (Wildman–Crippen MR) is 85.2 cm³/mol. The van der Waals surface area contributed by atoms with Crippen molar-refractivity contribution in [3.05, 3.63) is 0 Å². The number of carboxylic acids is 1. The third-order valence-corrected chi connectivity index (χ3v) is 5.25. The van der Waals surface area contributed by atoms with Crippen molar-refractivity contribution in [1.82, 2.24) is 10.9 Å². The topological polar surface area (TPSA) is 95.5 Å². The van der Waals surface area contributed by atoms with Crippen LogP contribution in [0, 0.1) is 17.8 Å². The number of carbonyl (C=O) groups excluding carboxylic acids is 2. The van der Waals surface area contributed by atoms with Gasteiger partial charge in [0.15, 0.2) is 0 Å². The summed E-state index contributed by atoms with van der Waals surface area (Å²) >= 11 is 0. The van der Waals surface area contributed by atoms with Crippen LogP contribution in [0.5, 0.6) is 0 Å². The number of hydrogen-bond acceptors (Lipinski definition) is 3. The Labute approximate surface area is 137 Å². The number of carbonyl (C=O) groups is 3. The van der Waals surface area contributed by atoms with Gasteiger partial charge in [0.25, 0.3) is 0 Å². The van der Waals surface area contributed by atoms with Gasteiger partial charge in [-0.1, -0.05) is 44.9 Å². The zero-order valence-electron chi connectivity index (χ0n) is 13.7. The van der Waals surface area contributed by atoms with E-state index in [1.807, 2.05) is 0 Å². The molecule has 0 radical (unpaired) electrons. The number of hydrogen-bond donors (Lipinski definition) is 3. The van der Waals surface area contributed by atoms with E-state index in [-0.39, 0.29) is 11.8 Å². The van der Waals surface area contributed by atoms with E-state index in [4.69, 9.17) is 0 Å². The Balaban J connectivity index is 1.70. The van der Waals surface area contributed by atoms with Crippen molar-refractivity contribution >= 4 is 17.8 Å². The van der Waals surface area contributed by atoms with Crippen LogP contribution < -0.4 is 10.9 Å². The third-order valence-electron chi connectivity index (χ3n) is 5.25. The second-order valence-electron chi connectivity index (χ2n) is 6.92. The quantitative estimate of drug-likeness (QED) is 0.677. The van der Waals surface area contributed by atoms with Crippen LogP contribution in [0.1, 0.15) is 70.6 Å². The molecule has 0 bridgehead atoms. The largest absolute Gasteiger partial charge is 0.481 e. The average Bonchev–Trinajstić information content (AvgIpc) is 2.58. The van der Waals surface area contributed by atoms with E-state index in [1.54, 1.807) is 0 Å². The lowest BCUT2D eigenvalue weighted by atomic mass is 9.79. The first-order valence-corrected chi connectivity index (χ1v) is 8.89. The summed E-state index contributed by atoms with van der Waals surface area (Å²) in [5.74, 6) is -2.04. The van der Waals surface area contributed by atoms with Crippen molar-refractivity contribution in [3.63, 3.8) is 0 Å². The van der Waals surface area contributed by atoms with Crippen LogP contribution in [0.2, 0.25) is 0 Å². The first-order valence-electron chi connectivity index (χ1n) is 8.89. The van der Waals surface area contributed by atoms with Crippen molar-refractivity contribution in [1.29, 1.82) is 0 Å². The van der Waals surface area contributed by atoms with Gasteiger partial charge in [0.05, 0.1) is 11.8 Å². The summed E-state index contributed by atoms with van der Waals surface area (Å²) in [4.78, 5) is 35.2. The van der Waals surface area contributed by atoms with Crippen molar-refractivity contribution in [2.75, 3.05) is 0 Å². The molecule has 2 aliphatic rings. The summed E-state index contributed by atoms with van der Waals surface area (Å²) in [7, 11) is 0. The summed E-state index contributed by atoms with van der Waals surface area (Å²) in [6.07, 6.45) is 10.3. The van der Waals surface area contributed by atoms with Gasteiger partial charge in [0.1, 0.15) is 0 Å². The molecule has 0 spiro atoms. The molecule has 0 saturated heterocycles. The maximum Gasteiger partial charge on any atom is 0.307 e. The molecule has 0 unspecified atom stereocenters. The molecule has 0 heterocycles. The predicted octanol–water partition coefficient (Wildman–Crippen LogP) is 2.39. The van der Waals surface area contributed by atoms with Gasteiger partial charge < -0.3 is 5.11 Å². The number of nitrogens with one attached hydrogen (secondary N) is 2. The monoisotopic (exact) mass is 324 g/mol. The van der Waals surface area contributed by atoms with Gasteiger partial charge in [-0.25, -0.2) is 0 Å². The number of aliphatic carboxylic acids is 1. The highest BCUT2D eigenvalue weighted by Gasteiger charge is 2.35. The molecule has 2 fully saturated rings. The standard InChI is InChI=1S/C17H28N2O4/c20-15(11-10-12-6-2-1-3-7-12)18-19-16(21)13-8-4-5-9-14(13)17(22)23/h12-14H,1-11H2,(H,18,20)(H,19,21)(H,22,23)/t13-,14-/m0/s1. The Hall–Kier alpha value is -1.59. The van der Waals surface area contributed by atoms with E-state index >= 15 is 0 Å². The first-order chi connectivity index (χ1) is 11.1. The SMILES string of the molecule is O=C(CCC1CCCCC1)NNC(=O)[C@H]1CCCC[C@@H]1C(=O)O. The molecule has 2 atom stereocenters. The smallest absolute Gasteiger partial charge is 0.307 e. The maximum absolute atomic E-state index is 12.1. The third kappa shape index (κ3) is 5.52. The molecule has 6 heteroatoms. The average molecular weight is 324 g/mol. The summed E-state index contributed by atoms with van der Waals surface area (Å²) in [6, 6.07) is 0. The van der Waals surface area contributed by atoms with Gasteiger partial charge in [-0.05, 0) is 25.2 Å². The fourth-order valence-corrected chi connectivity index (χ4v) is 3.84. The number of carboxylic acid groups (broad SMARTS) is 1. The molecule has 0 aromatic carbocycles. The van der Waals surface area contributed by atoms with E-state index in [0.717, 1.165) is 19.3 Å². The van der Waals surface area contributed by atoms with E-state index in [9.17, 15) is 19.5 Å². The molecule has 2 amide bonds. The van der Waals surface area contributed by atoms with Crippen molar-refractivity contribution in [2.45, 2.75) is 70.6 Å². The Bertz CT molecular complexity index is 432. The van der Waals surface area contributed by atoms with Gasteiger partial charge in [0, 0.05) is 6.42 Å². The van der Waals surface area contributed by atoms with Crippen molar-refractivity contribution < 1.29 is 19.5 Å². The van der Waals surface area contributed by atoms with Gasteiger partial charge in [-0.3, -0.25) is 25.2 Å². The van der Waals surface area contributed by atoms with Gasteiger partial charge >= 0.3 is 5.97 Å². The van der Waals surface area contributed by atoms with Crippen molar-refractivity contribution in [3.8, 4) is 0 Å². The van der Waals surface area contributed by atoms with E-state index in [1.165, 1.54) is 32.1 Å². The van der Waals surface area contributed by atoms with Gasteiger partial charge in [-0.2, -0.15) is 0 Å². The maximum atomic E-state index is 12.1. The van der Waals surface area contributed by atoms with Crippen LogP contribution in [0.3, 0.4) is 0 Å². The van der Waals surface area contributed by atoms with Crippen LogP contribution in [-0.2, 0) is 14.4 Å². The van der Waals surface area contributed by atoms with E-state index in [0.29, 0.717) is 25.2 Å². The molecule has 2 rings (SSSR count). The minimum Gasteiger partial charge on any atom is -0.481 e. The molecule has 2 aliphatic carbocycles. The van der Waals surface area contributed by atoms with Crippen LogP contribution in [0.15, 0.2) is 0 Å². The minimum atomic E-state index is -0.923. The normalized spacial score (nSPS) is 25.6. The molecule has 6 nitrogen and oxygen atoms in total. The Morgan fingerprint density at radius 1 is 0.826 bits per heavy atom. The molecule has 0 aromatic rings. The number of rotatable bonds is 5. The van der Waals surface area contributed by atoms with Crippen LogP contribution >= 0.6 is 0 Å². The number of hydrazine groups is 1. The van der Waals surface area contributed by atoms with E-state index in [2.05, 4.69) is 10.9 Å². The molecule has 0 aromatic heterocycles. The Kier molecular flexibility index (Phi) is 6.86. The molecular formula is C17H28N2O4. The summed E-state index contributed by atoms with van der Waals surface area (Å²) < 4.78 is 0. The fraction of sp³-hybridized carbons (Fsp3) is 0.824. The zero-order chi connectivity index (χ0) is 16.7. The Morgan fingerprint density at radius 2 is 1.43 bits per heavy atom. The fourth-order valence-electron chi connectivity index (χ4n) is 3.84. The van der Waals surface area contributed by atoms with Crippen LogP contribution in [0.25, 0.3) is 0 Å². The first kappa shape index (κ1) is 17.8. The molecule has 23 heavy (non-hydrogen) atoms. The van der Waals surface area contributed by atoms with Gasteiger partial charge in [-0.15, -0.1) is 0 Å². The van der Waals surface area contributed by atoms with Gasteiger partial charge in [0.2, 0.25) is 11.8 Å². The highest BCUT2D eigenvalue weighted by atomic mass is 16.4. The minimum absolute atomic E-state index is 0.188. The second-order valence-corrected chi connectivity index (χ2v) is 6.92. The van der Waals surface area contributed by atoms with Crippen LogP contribution in [-0.4, -0.2) is 22.9 Å². The summed E-state index contributed by atoms with van der Waals surface area (Å²) in [5, 5.41) is 9.20. The lowest BCUT2D eigenvalue weighted by Crippen LogP contribution is -2.47. The molecule has 3 N–H and O–H groups in total.